The van der Waals surface area contributed by atoms with Crippen LogP contribution in [0.2, 0.25) is 0 Å². The molecule has 10 heteroatoms. The van der Waals surface area contributed by atoms with E-state index in [4.69, 9.17) is 0 Å². The SMILES string of the molecule is CNC(=O)[C@H](NC(=O)[C@@H](Cc1ccccc1)CS(=O)C[C@H](Cc1ccccc1)C(=O)N[C@@H](C(=O)NC)C(C)C)C(C)C. The largest absolute Gasteiger partial charge is 0.357 e. The molecule has 4 amide bonds. The van der Waals surface area contributed by atoms with Crippen LogP contribution in [0.25, 0.3) is 0 Å². The Hall–Kier alpha value is -3.53. The van der Waals surface area contributed by atoms with Gasteiger partial charge in [-0.15, -0.1) is 0 Å². The summed E-state index contributed by atoms with van der Waals surface area (Å²) in [6.45, 7) is 7.39. The van der Waals surface area contributed by atoms with E-state index in [1.54, 1.807) is 0 Å². The van der Waals surface area contributed by atoms with Crippen LogP contribution in [0.15, 0.2) is 60.7 Å². The third-order valence-corrected chi connectivity index (χ3v) is 8.70. The maximum Gasteiger partial charge on any atom is 0.242 e. The second kappa shape index (κ2) is 17.4. The summed E-state index contributed by atoms with van der Waals surface area (Å²) < 4.78 is 13.7. The summed E-state index contributed by atoms with van der Waals surface area (Å²) in [5, 5.41) is 10.9. The van der Waals surface area contributed by atoms with Crippen molar-refractivity contribution >= 4 is 34.4 Å². The van der Waals surface area contributed by atoms with Crippen LogP contribution in [0.4, 0.5) is 0 Å². The van der Waals surface area contributed by atoms with Gasteiger partial charge in [0, 0.05) is 36.4 Å². The first-order chi connectivity index (χ1) is 20.0. The molecule has 0 heterocycles. The summed E-state index contributed by atoms with van der Waals surface area (Å²) in [4.78, 5) is 51.9. The molecule has 0 saturated carbocycles. The molecule has 0 aliphatic rings. The van der Waals surface area contributed by atoms with Crippen LogP contribution in [0.3, 0.4) is 0 Å². The number of nitrogens with one attached hydrogen (secondary N) is 4. The topological polar surface area (TPSA) is 133 Å². The molecule has 2 aromatic carbocycles. The van der Waals surface area contributed by atoms with Crippen molar-refractivity contribution in [3.63, 3.8) is 0 Å². The van der Waals surface area contributed by atoms with E-state index in [-0.39, 0.29) is 47.0 Å². The van der Waals surface area contributed by atoms with Gasteiger partial charge in [0.1, 0.15) is 12.1 Å². The van der Waals surface area contributed by atoms with E-state index in [0.717, 1.165) is 11.1 Å². The van der Waals surface area contributed by atoms with Crippen molar-refractivity contribution in [3.8, 4) is 0 Å². The molecule has 230 valence electrons. The number of hydrogen-bond donors (Lipinski definition) is 4. The molecule has 0 fully saturated rings. The summed E-state index contributed by atoms with van der Waals surface area (Å²) in [7, 11) is 1.47. The maximum absolute atomic E-state index is 13.7. The summed E-state index contributed by atoms with van der Waals surface area (Å²) in [6.07, 6.45) is 0.664. The fraction of sp³-hybridized carbons (Fsp3) is 0.500. The van der Waals surface area contributed by atoms with E-state index in [0.29, 0.717) is 12.8 Å². The highest BCUT2D eigenvalue weighted by molar-refractivity contribution is 7.85. The molecule has 0 saturated heterocycles. The quantitative estimate of drug-likeness (QED) is 0.235. The highest BCUT2D eigenvalue weighted by Crippen LogP contribution is 2.17. The predicted molar refractivity (Wildman–Crippen MR) is 167 cm³/mol. The zero-order valence-corrected chi connectivity index (χ0v) is 26.3. The lowest BCUT2D eigenvalue weighted by molar-refractivity contribution is -0.131. The van der Waals surface area contributed by atoms with Crippen LogP contribution >= 0.6 is 0 Å². The highest BCUT2D eigenvalue weighted by atomic mass is 32.2. The Morgan fingerprint density at radius 3 is 1.21 bits per heavy atom. The van der Waals surface area contributed by atoms with Gasteiger partial charge in [-0.25, -0.2) is 0 Å². The van der Waals surface area contributed by atoms with Crippen molar-refractivity contribution in [2.45, 2.75) is 52.6 Å². The third-order valence-electron chi connectivity index (χ3n) is 7.15. The average molecular weight is 599 g/mol. The van der Waals surface area contributed by atoms with Gasteiger partial charge in [0.15, 0.2) is 0 Å². The number of carbonyl (C=O) groups is 4. The Morgan fingerprint density at radius 2 is 0.929 bits per heavy atom. The Balaban J connectivity index is 2.29. The molecule has 9 nitrogen and oxygen atoms in total. The molecular formula is C32H46N4O5S. The monoisotopic (exact) mass is 598 g/mol. The van der Waals surface area contributed by atoms with E-state index in [1.807, 2.05) is 88.4 Å². The molecule has 42 heavy (non-hydrogen) atoms. The summed E-state index contributed by atoms with van der Waals surface area (Å²) >= 11 is 0. The van der Waals surface area contributed by atoms with Gasteiger partial charge >= 0.3 is 0 Å². The molecule has 4 atom stereocenters. The minimum atomic E-state index is -1.57. The van der Waals surface area contributed by atoms with Gasteiger partial charge in [0.2, 0.25) is 23.6 Å². The van der Waals surface area contributed by atoms with Gasteiger partial charge < -0.3 is 21.3 Å². The lowest BCUT2D eigenvalue weighted by atomic mass is 9.97. The maximum atomic E-state index is 13.7. The van der Waals surface area contributed by atoms with Crippen molar-refractivity contribution in [3.05, 3.63) is 71.8 Å². The number of carbonyl (C=O) groups excluding carboxylic acids is 4. The van der Waals surface area contributed by atoms with E-state index in [1.165, 1.54) is 14.1 Å². The van der Waals surface area contributed by atoms with E-state index in [2.05, 4.69) is 21.3 Å². The third kappa shape index (κ3) is 11.0. The number of likely N-dealkylation sites (N-methyl/N-ethyl adjacent to an activating group) is 2. The van der Waals surface area contributed by atoms with Gasteiger partial charge in [-0.1, -0.05) is 88.4 Å². The molecule has 2 aromatic rings. The standard InChI is InChI=1S/C32H46N4O5S/c1-21(2)27(31(39)33-5)35-29(37)25(17-23-13-9-7-10-14-23)19-42(41)20-26(18-24-15-11-8-12-16-24)30(38)36-28(22(3)4)32(40)34-6/h7-16,21-22,25-28H,17-20H2,1-6H3,(H,33,39)(H,34,40)(H,35,37)(H,36,38)/t25-,26-,27+,28+/m0/s1. The summed E-state index contributed by atoms with van der Waals surface area (Å²) in [5.74, 6) is -2.96. The van der Waals surface area contributed by atoms with Crippen molar-refractivity contribution in [2.75, 3.05) is 25.6 Å². The molecule has 2 rings (SSSR count). The first-order valence-electron chi connectivity index (χ1n) is 14.4. The number of hydrogen-bond acceptors (Lipinski definition) is 5. The predicted octanol–water partition coefficient (Wildman–Crippen LogP) is 2.23. The van der Waals surface area contributed by atoms with Crippen LogP contribution in [0, 0.1) is 23.7 Å². The fourth-order valence-corrected chi connectivity index (χ4v) is 6.26. The smallest absolute Gasteiger partial charge is 0.242 e. The first kappa shape index (κ1) is 34.7. The zero-order chi connectivity index (χ0) is 31.2. The van der Waals surface area contributed by atoms with Crippen molar-refractivity contribution < 1.29 is 23.4 Å². The minimum Gasteiger partial charge on any atom is -0.357 e. The molecule has 0 aliphatic carbocycles. The van der Waals surface area contributed by atoms with Crippen LogP contribution in [0.5, 0.6) is 0 Å². The van der Waals surface area contributed by atoms with Crippen LogP contribution in [-0.2, 0) is 42.8 Å². The highest BCUT2D eigenvalue weighted by Gasteiger charge is 2.32. The molecule has 0 bridgehead atoms. The average Bonchev–Trinajstić information content (AvgIpc) is 2.97. The molecule has 0 unspecified atom stereocenters. The molecule has 0 spiro atoms. The van der Waals surface area contributed by atoms with Gasteiger partial charge in [-0.3, -0.25) is 23.4 Å². The second-order valence-electron chi connectivity index (χ2n) is 11.2. The van der Waals surface area contributed by atoms with Gasteiger partial charge in [-0.05, 0) is 35.8 Å². The van der Waals surface area contributed by atoms with Crippen LogP contribution in [0.1, 0.15) is 38.8 Å². The normalized spacial score (nSPS) is 14.1. The van der Waals surface area contributed by atoms with Crippen LogP contribution < -0.4 is 21.3 Å². The van der Waals surface area contributed by atoms with E-state index < -0.39 is 34.7 Å². The molecule has 0 aliphatic heterocycles. The Morgan fingerprint density at radius 1 is 0.595 bits per heavy atom. The number of rotatable bonds is 16. The van der Waals surface area contributed by atoms with E-state index >= 15 is 0 Å². The summed E-state index contributed by atoms with van der Waals surface area (Å²) in [6, 6.07) is 17.4. The Bertz CT molecular complexity index is 1100. The lowest BCUT2D eigenvalue weighted by Gasteiger charge is -2.26. The fourth-order valence-electron chi connectivity index (χ4n) is 4.69. The van der Waals surface area contributed by atoms with Gasteiger partial charge in [-0.2, -0.15) is 0 Å². The van der Waals surface area contributed by atoms with Crippen molar-refractivity contribution in [2.24, 2.45) is 23.7 Å². The van der Waals surface area contributed by atoms with Crippen LogP contribution in [-0.4, -0.2) is 65.5 Å². The van der Waals surface area contributed by atoms with Crippen molar-refractivity contribution in [1.29, 1.82) is 0 Å². The Kier molecular flexibility index (Phi) is 14.4. The Labute approximate surface area is 252 Å². The lowest BCUT2D eigenvalue weighted by Crippen LogP contribution is -2.52. The molecule has 0 radical (unpaired) electrons. The van der Waals surface area contributed by atoms with E-state index in [9.17, 15) is 23.4 Å². The number of benzene rings is 2. The van der Waals surface area contributed by atoms with Gasteiger partial charge in [0.25, 0.3) is 0 Å². The second-order valence-corrected chi connectivity index (χ2v) is 12.8. The molecule has 4 N–H and O–H groups in total. The number of amides is 4. The first-order valence-corrected chi connectivity index (χ1v) is 15.9. The molecule has 0 aromatic heterocycles. The minimum absolute atomic E-state index is 0.0148. The van der Waals surface area contributed by atoms with Crippen molar-refractivity contribution in [1.82, 2.24) is 21.3 Å². The van der Waals surface area contributed by atoms with Gasteiger partial charge in [0.05, 0.1) is 11.8 Å². The molecular weight excluding hydrogens is 552 g/mol. The summed E-state index contributed by atoms with van der Waals surface area (Å²) in [5.41, 5.74) is 1.80. The zero-order valence-electron chi connectivity index (χ0n) is 25.5.